The van der Waals surface area contributed by atoms with Crippen LogP contribution in [0.25, 0.3) is 11.4 Å². The average Bonchev–Trinajstić information content (AvgIpc) is 3.06. The van der Waals surface area contributed by atoms with Crippen LogP contribution in [0.5, 0.6) is 0 Å². The Kier molecular flexibility index (Phi) is 5.09. The molecule has 0 saturated carbocycles. The van der Waals surface area contributed by atoms with E-state index in [2.05, 4.69) is 27.7 Å². The van der Waals surface area contributed by atoms with Gasteiger partial charge in [0, 0.05) is 16.3 Å². The van der Waals surface area contributed by atoms with Gasteiger partial charge in [-0.3, -0.25) is 4.79 Å². The second-order valence-corrected chi connectivity index (χ2v) is 6.14. The fourth-order valence-corrected chi connectivity index (χ4v) is 2.63. The van der Waals surface area contributed by atoms with Gasteiger partial charge in [0.1, 0.15) is 6.54 Å². The molecule has 1 aromatic heterocycles. The zero-order valence-corrected chi connectivity index (χ0v) is 14.8. The molecule has 3 aromatic rings. The van der Waals surface area contributed by atoms with E-state index in [-0.39, 0.29) is 12.5 Å². The van der Waals surface area contributed by atoms with Gasteiger partial charge in [-0.15, -0.1) is 10.2 Å². The maximum Gasteiger partial charge on any atom is 0.248 e. The largest absolute Gasteiger partial charge is 0.324 e. The molecule has 0 bridgehead atoms. The average molecular weight is 356 g/mol. The van der Waals surface area contributed by atoms with Crippen LogP contribution in [-0.4, -0.2) is 26.1 Å². The second kappa shape index (κ2) is 7.44. The van der Waals surface area contributed by atoms with Crippen LogP contribution in [0.4, 0.5) is 5.69 Å². The highest BCUT2D eigenvalue weighted by atomic mass is 35.5. The van der Waals surface area contributed by atoms with Crippen LogP contribution in [0.3, 0.4) is 0 Å². The van der Waals surface area contributed by atoms with Crippen molar-refractivity contribution in [3.63, 3.8) is 0 Å². The first-order valence-electron chi connectivity index (χ1n) is 7.98. The number of aromatic nitrogens is 4. The minimum Gasteiger partial charge on any atom is -0.324 e. The van der Waals surface area contributed by atoms with Gasteiger partial charge in [-0.05, 0) is 47.9 Å². The van der Waals surface area contributed by atoms with E-state index < -0.39 is 0 Å². The van der Waals surface area contributed by atoms with Gasteiger partial charge in [-0.1, -0.05) is 42.8 Å². The first-order valence-corrected chi connectivity index (χ1v) is 8.36. The van der Waals surface area contributed by atoms with Crippen LogP contribution in [0.2, 0.25) is 5.02 Å². The number of nitrogens with one attached hydrogen (secondary N) is 1. The summed E-state index contributed by atoms with van der Waals surface area (Å²) in [5.74, 6) is 0.272. The summed E-state index contributed by atoms with van der Waals surface area (Å²) in [4.78, 5) is 13.5. The number of hydrogen-bond acceptors (Lipinski definition) is 4. The van der Waals surface area contributed by atoms with Gasteiger partial charge < -0.3 is 5.32 Å². The number of nitrogens with zero attached hydrogens (tertiary/aromatic N) is 4. The lowest BCUT2D eigenvalue weighted by Gasteiger charge is -2.07. The van der Waals surface area contributed by atoms with E-state index >= 15 is 0 Å². The lowest BCUT2D eigenvalue weighted by Crippen LogP contribution is -2.20. The summed E-state index contributed by atoms with van der Waals surface area (Å²) in [6.07, 6.45) is 0.977. The van der Waals surface area contributed by atoms with Crippen molar-refractivity contribution in [1.82, 2.24) is 20.2 Å². The molecule has 0 unspecified atom stereocenters. The highest BCUT2D eigenvalue weighted by molar-refractivity contribution is 6.30. The molecule has 0 saturated heterocycles. The molecule has 0 spiro atoms. The van der Waals surface area contributed by atoms with E-state index in [1.165, 1.54) is 10.4 Å². The summed E-state index contributed by atoms with van der Waals surface area (Å²) in [5, 5.41) is 15.7. The number of benzene rings is 2. The van der Waals surface area contributed by atoms with Crippen molar-refractivity contribution in [3.8, 4) is 11.4 Å². The molecule has 0 aliphatic rings. The Morgan fingerprint density at radius 2 is 1.96 bits per heavy atom. The molecular weight excluding hydrogens is 338 g/mol. The van der Waals surface area contributed by atoms with Gasteiger partial charge in [0.25, 0.3) is 0 Å². The number of carbonyl (C=O) groups is 1. The molecule has 0 aliphatic carbocycles. The van der Waals surface area contributed by atoms with Crippen LogP contribution < -0.4 is 5.32 Å². The summed E-state index contributed by atoms with van der Waals surface area (Å²) in [7, 11) is 0. The molecule has 0 atom stereocenters. The maximum atomic E-state index is 12.2. The smallest absolute Gasteiger partial charge is 0.248 e. The number of amides is 1. The Bertz CT molecular complexity index is 889. The minimum atomic E-state index is -0.226. The van der Waals surface area contributed by atoms with Crippen molar-refractivity contribution in [2.45, 2.75) is 26.8 Å². The number of carbonyl (C=O) groups excluding carboxylic acids is 1. The monoisotopic (exact) mass is 355 g/mol. The molecule has 1 amide bonds. The molecule has 25 heavy (non-hydrogen) atoms. The molecule has 2 aromatic carbocycles. The van der Waals surface area contributed by atoms with Crippen LogP contribution in [-0.2, 0) is 17.8 Å². The molecule has 1 N–H and O–H groups in total. The van der Waals surface area contributed by atoms with E-state index in [4.69, 9.17) is 11.6 Å². The van der Waals surface area contributed by atoms with E-state index in [0.717, 1.165) is 17.5 Å². The molecule has 1 heterocycles. The van der Waals surface area contributed by atoms with Crippen LogP contribution in [0.1, 0.15) is 18.1 Å². The predicted molar refractivity (Wildman–Crippen MR) is 97.4 cm³/mol. The molecular formula is C18H18ClN5O. The van der Waals surface area contributed by atoms with Crippen LogP contribution in [0, 0.1) is 6.92 Å². The SMILES string of the molecule is CCc1ccc(-c2nnn(CC(=O)Nc3ccc(Cl)cc3C)n2)cc1. The summed E-state index contributed by atoms with van der Waals surface area (Å²) in [5.41, 5.74) is 3.72. The van der Waals surface area contributed by atoms with Crippen molar-refractivity contribution in [3.05, 3.63) is 58.6 Å². The topological polar surface area (TPSA) is 72.7 Å². The maximum absolute atomic E-state index is 12.2. The van der Waals surface area contributed by atoms with Gasteiger partial charge in [0.05, 0.1) is 0 Å². The Morgan fingerprint density at radius 1 is 1.20 bits per heavy atom. The van der Waals surface area contributed by atoms with Gasteiger partial charge in [-0.25, -0.2) is 0 Å². The van der Waals surface area contributed by atoms with Crippen molar-refractivity contribution >= 4 is 23.2 Å². The number of rotatable bonds is 5. The predicted octanol–water partition coefficient (Wildman–Crippen LogP) is 3.50. The normalized spacial score (nSPS) is 10.7. The summed E-state index contributed by atoms with van der Waals surface area (Å²) in [6, 6.07) is 13.3. The number of halogens is 1. The first kappa shape index (κ1) is 17.1. The molecule has 0 aliphatic heterocycles. The van der Waals surface area contributed by atoms with Crippen molar-refractivity contribution in [1.29, 1.82) is 0 Å². The molecule has 128 valence electrons. The summed E-state index contributed by atoms with van der Waals surface area (Å²) < 4.78 is 0. The van der Waals surface area contributed by atoms with Gasteiger partial charge in [-0.2, -0.15) is 4.80 Å². The molecule has 6 nitrogen and oxygen atoms in total. The fourth-order valence-electron chi connectivity index (χ4n) is 2.40. The Labute approximate surface area is 150 Å². The Morgan fingerprint density at radius 3 is 2.64 bits per heavy atom. The number of tetrazole rings is 1. The fraction of sp³-hybridized carbons (Fsp3) is 0.222. The third kappa shape index (κ3) is 4.22. The number of hydrogen-bond donors (Lipinski definition) is 1. The van der Waals surface area contributed by atoms with Gasteiger partial charge in [0.2, 0.25) is 11.7 Å². The third-order valence-corrected chi connectivity index (χ3v) is 4.06. The lowest BCUT2D eigenvalue weighted by molar-refractivity contribution is -0.117. The third-order valence-electron chi connectivity index (χ3n) is 3.82. The quantitative estimate of drug-likeness (QED) is 0.760. The molecule has 0 radical (unpaired) electrons. The molecule has 3 rings (SSSR count). The second-order valence-electron chi connectivity index (χ2n) is 5.70. The van der Waals surface area contributed by atoms with E-state index in [9.17, 15) is 4.79 Å². The highest BCUT2D eigenvalue weighted by Crippen LogP contribution is 2.19. The number of anilines is 1. The molecule has 0 fully saturated rings. The van der Waals surface area contributed by atoms with Gasteiger partial charge >= 0.3 is 0 Å². The minimum absolute atomic E-state index is 0.0118. The van der Waals surface area contributed by atoms with Crippen molar-refractivity contribution < 1.29 is 4.79 Å². The van der Waals surface area contributed by atoms with E-state index in [1.54, 1.807) is 18.2 Å². The zero-order chi connectivity index (χ0) is 17.8. The number of aryl methyl sites for hydroxylation is 2. The first-order chi connectivity index (χ1) is 12.0. The summed E-state index contributed by atoms with van der Waals surface area (Å²) in [6.45, 7) is 3.97. The van der Waals surface area contributed by atoms with Crippen molar-refractivity contribution in [2.24, 2.45) is 0 Å². The highest BCUT2D eigenvalue weighted by Gasteiger charge is 2.10. The van der Waals surface area contributed by atoms with E-state index in [1.807, 2.05) is 31.2 Å². The molecule has 7 heteroatoms. The van der Waals surface area contributed by atoms with Gasteiger partial charge in [0.15, 0.2) is 0 Å². The summed E-state index contributed by atoms with van der Waals surface area (Å²) >= 11 is 5.92. The van der Waals surface area contributed by atoms with Crippen LogP contribution >= 0.6 is 11.6 Å². The Balaban J connectivity index is 1.67. The Hall–Kier alpha value is -2.73. The standard InChI is InChI=1S/C18H18ClN5O/c1-3-13-4-6-14(7-5-13)18-21-23-24(22-18)11-17(25)20-16-9-8-15(19)10-12(16)2/h4-10H,3,11H2,1-2H3,(H,20,25). The van der Waals surface area contributed by atoms with E-state index in [0.29, 0.717) is 16.5 Å². The zero-order valence-electron chi connectivity index (χ0n) is 14.0. The van der Waals surface area contributed by atoms with Crippen molar-refractivity contribution in [2.75, 3.05) is 5.32 Å². The van der Waals surface area contributed by atoms with Crippen LogP contribution in [0.15, 0.2) is 42.5 Å². The lowest BCUT2D eigenvalue weighted by atomic mass is 10.1.